The maximum atomic E-state index is 5.59. The van der Waals surface area contributed by atoms with E-state index in [1.807, 2.05) is 6.26 Å². The third kappa shape index (κ3) is 2.17. The Hall–Kier alpha value is -2.02. The first-order chi connectivity index (χ1) is 8.83. The molecular weight excluding hydrogens is 220 g/mol. The van der Waals surface area contributed by atoms with Gasteiger partial charge in [0.1, 0.15) is 5.58 Å². The quantitative estimate of drug-likeness (QED) is 0.651. The molecule has 1 aromatic heterocycles. The van der Waals surface area contributed by atoms with Crippen molar-refractivity contribution >= 4 is 11.0 Å². The van der Waals surface area contributed by atoms with Crippen molar-refractivity contribution in [2.75, 3.05) is 0 Å². The highest BCUT2D eigenvalue weighted by atomic mass is 16.3. The van der Waals surface area contributed by atoms with Gasteiger partial charge in [0, 0.05) is 5.39 Å². The van der Waals surface area contributed by atoms with Crippen LogP contribution >= 0.6 is 0 Å². The molecule has 0 fully saturated rings. The second-order valence-electron chi connectivity index (χ2n) is 4.75. The molecule has 90 valence electrons. The zero-order chi connectivity index (χ0) is 12.4. The lowest BCUT2D eigenvalue weighted by Crippen LogP contribution is -1.89. The molecule has 0 radical (unpaired) electrons. The van der Waals surface area contributed by atoms with Crippen molar-refractivity contribution in [3.8, 4) is 0 Å². The summed E-state index contributed by atoms with van der Waals surface area (Å²) in [5, 5.41) is 1.26. The fourth-order valence-electron chi connectivity index (χ4n) is 2.31. The minimum atomic E-state index is 0.990. The second kappa shape index (κ2) is 4.69. The molecule has 2 aromatic carbocycles. The lowest BCUT2D eigenvalue weighted by atomic mass is 10.0. The van der Waals surface area contributed by atoms with Crippen LogP contribution in [0.5, 0.6) is 0 Å². The monoisotopic (exact) mass is 236 g/mol. The molecule has 0 aliphatic rings. The summed E-state index contributed by atoms with van der Waals surface area (Å²) in [6.45, 7) is 2.12. The van der Waals surface area contributed by atoms with E-state index in [0.717, 1.165) is 18.4 Å². The lowest BCUT2D eigenvalue weighted by molar-refractivity contribution is 0.610. The highest BCUT2D eigenvalue weighted by Crippen LogP contribution is 2.23. The molecule has 0 saturated heterocycles. The van der Waals surface area contributed by atoms with Crippen molar-refractivity contribution < 1.29 is 4.42 Å². The number of rotatable bonds is 3. The molecule has 0 aliphatic heterocycles. The predicted octanol–water partition coefficient (Wildman–Crippen LogP) is 4.53. The summed E-state index contributed by atoms with van der Waals surface area (Å²) in [5.74, 6) is 0. The third-order valence-corrected chi connectivity index (χ3v) is 3.34. The Morgan fingerprint density at radius 3 is 2.61 bits per heavy atom. The molecule has 0 aliphatic carbocycles. The number of fused-ring (bicyclic) bond motifs is 1. The van der Waals surface area contributed by atoms with Gasteiger partial charge in [-0.05, 0) is 43.0 Å². The van der Waals surface area contributed by atoms with E-state index in [-0.39, 0.29) is 0 Å². The summed E-state index contributed by atoms with van der Waals surface area (Å²) < 4.78 is 5.59. The van der Waals surface area contributed by atoms with Gasteiger partial charge in [0.25, 0.3) is 0 Å². The molecule has 3 rings (SSSR count). The Morgan fingerprint density at radius 2 is 1.78 bits per heavy atom. The number of hydrogen-bond acceptors (Lipinski definition) is 1. The van der Waals surface area contributed by atoms with Crippen molar-refractivity contribution in [3.05, 3.63) is 71.5 Å². The molecule has 18 heavy (non-hydrogen) atoms. The molecule has 1 nitrogen and oxygen atoms in total. The Kier molecular flexibility index (Phi) is 2.89. The molecule has 1 heteroatoms. The average molecular weight is 236 g/mol. The van der Waals surface area contributed by atoms with Gasteiger partial charge in [-0.25, -0.2) is 0 Å². The van der Waals surface area contributed by atoms with Crippen molar-refractivity contribution in [2.45, 2.75) is 19.8 Å². The summed E-state index contributed by atoms with van der Waals surface area (Å²) in [7, 11) is 0. The lowest BCUT2D eigenvalue weighted by Gasteiger charge is -2.00. The first kappa shape index (κ1) is 11.1. The maximum Gasteiger partial charge on any atom is 0.134 e. The zero-order valence-electron chi connectivity index (χ0n) is 10.5. The van der Waals surface area contributed by atoms with Gasteiger partial charge in [-0.3, -0.25) is 0 Å². The number of hydrogen-bond donors (Lipinski definition) is 0. The minimum Gasteiger partial charge on any atom is -0.464 e. The molecule has 0 atom stereocenters. The van der Waals surface area contributed by atoms with Crippen LogP contribution in [0.3, 0.4) is 0 Å². The molecule has 0 saturated carbocycles. The van der Waals surface area contributed by atoms with Crippen LogP contribution in [-0.4, -0.2) is 0 Å². The SMILES string of the molecule is Cc1ccc2occ(CCc3ccccc3)c2c1. The van der Waals surface area contributed by atoms with Crippen LogP contribution in [0.4, 0.5) is 0 Å². The molecule has 0 unspecified atom stereocenters. The second-order valence-corrected chi connectivity index (χ2v) is 4.75. The Bertz CT molecular complexity index is 650. The molecular formula is C17H16O. The fourth-order valence-corrected chi connectivity index (χ4v) is 2.31. The van der Waals surface area contributed by atoms with E-state index in [1.54, 1.807) is 0 Å². The summed E-state index contributed by atoms with van der Waals surface area (Å²) in [6.07, 6.45) is 3.98. The third-order valence-electron chi connectivity index (χ3n) is 3.34. The van der Waals surface area contributed by atoms with Crippen LogP contribution in [0.15, 0.2) is 59.2 Å². The first-order valence-corrected chi connectivity index (χ1v) is 6.33. The fraction of sp³-hybridized carbons (Fsp3) is 0.176. The van der Waals surface area contributed by atoms with Crippen LogP contribution < -0.4 is 0 Å². The molecule has 0 spiro atoms. The smallest absolute Gasteiger partial charge is 0.134 e. The van der Waals surface area contributed by atoms with Crippen LogP contribution in [0.2, 0.25) is 0 Å². The van der Waals surface area contributed by atoms with Crippen molar-refractivity contribution in [3.63, 3.8) is 0 Å². The van der Waals surface area contributed by atoms with Crippen molar-refractivity contribution in [1.29, 1.82) is 0 Å². The largest absolute Gasteiger partial charge is 0.464 e. The van der Waals surface area contributed by atoms with Crippen molar-refractivity contribution in [1.82, 2.24) is 0 Å². The first-order valence-electron chi connectivity index (χ1n) is 6.33. The van der Waals surface area contributed by atoms with Crippen LogP contribution in [0.1, 0.15) is 16.7 Å². The standard InChI is InChI=1S/C17H16O/c1-13-7-10-17-16(11-13)15(12-18-17)9-8-14-5-3-2-4-6-14/h2-7,10-12H,8-9H2,1H3. The normalized spacial score (nSPS) is 10.9. The Balaban J connectivity index is 1.85. The highest BCUT2D eigenvalue weighted by molar-refractivity contribution is 5.81. The average Bonchev–Trinajstić information content (AvgIpc) is 2.80. The van der Waals surface area contributed by atoms with Crippen LogP contribution in [-0.2, 0) is 12.8 Å². The molecule has 3 aromatic rings. The van der Waals surface area contributed by atoms with Crippen molar-refractivity contribution in [2.24, 2.45) is 0 Å². The van der Waals surface area contributed by atoms with Gasteiger partial charge in [0.2, 0.25) is 0 Å². The highest BCUT2D eigenvalue weighted by Gasteiger charge is 2.05. The summed E-state index contributed by atoms with van der Waals surface area (Å²) in [4.78, 5) is 0. The van der Waals surface area contributed by atoms with E-state index in [2.05, 4.69) is 55.5 Å². The maximum absolute atomic E-state index is 5.59. The minimum absolute atomic E-state index is 0.990. The zero-order valence-corrected chi connectivity index (χ0v) is 10.5. The Labute approximate surface area is 107 Å². The van der Waals surface area contributed by atoms with Gasteiger partial charge in [-0.1, -0.05) is 42.0 Å². The number of furan rings is 1. The molecule has 0 amide bonds. The summed E-state index contributed by atoms with van der Waals surface area (Å²) >= 11 is 0. The molecule has 0 bridgehead atoms. The van der Waals surface area contributed by atoms with E-state index < -0.39 is 0 Å². The van der Waals surface area contributed by atoms with Gasteiger partial charge in [-0.15, -0.1) is 0 Å². The molecule has 1 heterocycles. The van der Waals surface area contributed by atoms with Gasteiger partial charge in [0.05, 0.1) is 6.26 Å². The Morgan fingerprint density at radius 1 is 0.944 bits per heavy atom. The molecule has 0 N–H and O–H groups in total. The topological polar surface area (TPSA) is 13.1 Å². The van der Waals surface area contributed by atoms with E-state index >= 15 is 0 Å². The van der Waals surface area contributed by atoms with E-state index in [4.69, 9.17) is 4.42 Å². The van der Waals surface area contributed by atoms with E-state index in [9.17, 15) is 0 Å². The summed E-state index contributed by atoms with van der Waals surface area (Å²) in [6, 6.07) is 16.9. The predicted molar refractivity (Wildman–Crippen MR) is 74.8 cm³/mol. The number of aryl methyl sites for hydroxylation is 3. The van der Waals surface area contributed by atoms with E-state index in [1.165, 1.54) is 22.1 Å². The van der Waals surface area contributed by atoms with E-state index in [0.29, 0.717) is 0 Å². The van der Waals surface area contributed by atoms with Crippen LogP contribution in [0, 0.1) is 6.92 Å². The van der Waals surface area contributed by atoms with Gasteiger partial charge in [0.15, 0.2) is 0 Å². The van der Waals surface area contributed by atoms with Crippen LogP contribution in [0.25, 0.3) is 11.0 Å². The van der Waals surface area contributed by atoms with Gasteiger partial charge in [-0.2, -0.15) is 0 Å². The number of benzene rings is 2. The van der Waals surface area contributed by atoms with Gasteiger partial charge < -0.3 is 4.42 Å². The van der Waals surface area contributed by atoms with Gasteiger partial charge >= 0.3 is 0 Å². The summed E-state index contributed by atoms with van der Waals surface area (Å²) in [5.41, 5.74) is 4.95.